The molecule has 0 radical (unpaired) electrons. The van der Waals surface area contributed by atoms with E-state index in [1.165, 1.54) is 19.3 Å². The molecule has 2 heterocycles. The summed E-state index contributed by atoms with van der Waals surface area (Å²) in [4.78, 5) is 14.9. The van der Waals surface area contributed by atoms with Crippen LogP contribution in [0.4, 0.5) is 0 Å². The topological polar surface area (TPSA) is 29.5 Å². The van der Waals surface area contributed by atoms with E-state index in [0.717, 1.165) is 12.3 Å². The number of amides is 1. The largest absolute Gasteiger partial charge is 0.354 e. The maximum Gasteiger partial charge on any atom is 0.228 e. The molecule has 2 saturated heterocycles. The Kier molecular flexibility index (Phi) is 2.62. The average Bonchev–Trinajstić information content (AvgIpc) is 2.56. The predicted molar refractivity (Wildman–Crippen MR) is 76.9 cm³/mol. The molecule has 20 heavy (non-hydrogen) atoms. The van der Waals surface area contributed by atoms with Gasteiger partial charge in [-0.2, -0.15) is 0 Å². The normalized spacial score (nSPS) is 52.9. The molecule has 0 N–H and O–H groups in total. The summed E-state index contributed by atoms with van der Waals surface area (Å²) in [5.74, 6) is 3.02. The molecular formula is C17H27NO2. The fourth-order valence-electron chi connectivity index (χ4n) is 5.55. The summed E-state index contributed by atoms with van der Waals surface area (Å²) >= 11 is 0. The highest BCUT2D eigenvalue weighted by Gasteiger charge is 2.64. The number of nitrogens with zero attached hydrogens (tertiary/aromatic N) is 1. The second kappa shape index (κ2) is 4.00. The second-order valence-electron chi connectivity index (χ2n) is 8.35. The molecule has 4 rings (SSSR count). The Morgan fingerprint density at radius 3 is 2.65 bits per heavy atom. The molecule has 7 atom stereocenters. The number of fused-ring (bicyclic) bond motifs is 4. The van der Waals surface area contributed by atoms with Gasteiger partial charge in [0.2, 0.25) is 5.91 Å². The molecule has 4 fully saturated rings. The molecule has 4 aliphatic rings. The summed E-state index contributed by atoms with van der Waals surface area (Å²) in [6, 6.07) is 0. The van der Waals surface area contributed by atoms with Crippen molar-refractivity contribution in [3.8, 4) is 0 Å². The van der Waals surface area contributed by atoms with Crippen molar-refractivity contribution in [1.29, 1.82) is 0 Å². The van der Waals surface area contributed by atoms with Gasteiger partial charge in [0.05, 0.1) is 6.10 Å². The van der Waals surface area contributed by atoms with Crippen LogP contribution in [0.3, 0.4) is 0 Å². The van der Waals surface area contributed by atoms with Crippen molar-refractivity contribution in [2.75, 3.05) is 0 Å². The van der Waals surface area contributed by atoms with E-state index >= 15 is 0 Å². The van der Waals surface area contributed by atoms with Crippen LogP contribution in [0.1, 0.15) is 53.4 Å². The monoisotopic (exact) mass is 277 g/mol. The summed E-state index contributed by atoms with van der Waals surface area (Å²) in [5.41, 5.74) is -0.0259. The van der Waals surface area contributed by atoms with Crippen LogP contribution in [-0.4, -0.2) is 28.7 Å². The van der Waals surface area contributed by atoms with Gasteiger partial charge in [-0.15, -0.1) is 0 Å². The molecular weight excluding hydrogens is 250 g/mol. The Hall–Kier alpha value is -0.570. The van der Waals surface area contributed by atoms with Crippen molar-refractivity contribution < 1.29 is 9.53 Å². The van der Waals surface area contributed by atoms with E-state index in [0.29, 0.717) is 29.8 Å². The molecule has 0 spiro atoms. The molecule has 112 valence electrons. The van der Waals surface area contributed by atoms with Crippen LogP contribution in [0.2, 0.25) is 0 Å². The first kappa shape index (κ1) is 13.1. The highest BCUT2D eigenvalue weighted by atomic mass is 16.5. The average molecular weight is 277 g/mol. The number of hydrogen-bond acceptors (Lipinski definition) is 2. The number of rotatable bonds is 0. The summed E-state index contributed by atoms with van der Waals surface area (Å²) in [5, 5.41) is 0. The van der Waals surface area contributed by atoms with E-state index in [9.17, 15) is 4.79 Å². The molecule has 0 aromatic rings. The van der Waals surface area contributed by atoms with Gasteiger partial charge in [0.1, 0.15) is 6.23 Å². The Balaban J connectivity index is 1.69. The zero-order valence-corrected chi connectivity index (χ0v) is 13.1. The number of ether oxygens (including phenoxy) is 1. The minimum absolute atomic E-state index is 0.0259. The Bertz CT molecular complexity index is 446. The van der Waals surface area contributed by atoms with Crippen LogP contribution in [-0.2, 0) is 9.53 Å². The van der Waals surface area contributed by atoms with Gasteiger partial charge in [-0.1, -0.05) is 20.3 Å². The lowest BCUT2D eigenvalue weighted by Gasteiger charge is -2.56. The molecule has 0 unspecified atom stereocenters. The van der Waals surface area contributed by atoms with Gasteiger partial charge in [-0.25, -0.2) is 0 Å². The molecule has 0 bridgehead atoms. The van der Waals surface area contributed by atoms with E-state index in [4.69, 9.17) is 4.74 Å². The Labute approximate surface area is 122 Å². The van der Waals surface area contributed by atoms with Crippen LogP contribution < -0.4 is 0 Å². The van der Waals surface area contributed by atoms with Gasteiger partial charge < -0.3 is 9.64 Å². The second-order valence-corrected chi connectivity index (χ2v) is 8.35. The maximum atomic E-state index is 12.7. The molecule has 1 amide bonds. The van der Waals surface area contributed by atoms with Crippen molar-refractivity contribution in [3.05, 3.63) is 0 Å². The van der Waals surface area contributed by atoms with E-state index < -0.39 is 0 Å². The predicted octanol–water partition coefficient (Wildman–Crippen LogP) is 3.04. The number of hydrogen-bond donors (Lipinski definition) is 0. The fraction of sp³-hybridized carbons (Fsp3) is 0.941. The molecule has 2 saturated carbocycles. The molecule has 0 aromatic carbocycles. The molecule has 3 heteroatoms. The summed E-state index contributed by atoms with van der Waals surface area (Å²) < 4.78 is 6.50. The quantitative estimate of drug-likeness (QED) is 0.681. The van der Waals surface area contributed by atoms with Gasteiger partial charge in [0.25, 0.3) is 0 Å². The number of carbonyl (C=O) groups is 1. The lowest BCUT2D eigenvalue weighted by atomic mass is 9.66. The standard InChI is InChI=1S/C17H27NO2/c1-9-5-6-12-13(7-9)20-16-14-10(2)8-11(14)15(19)18(16)17(12,3)4/h9-14,16H,5-8H2,1-4H3/t9-,10+,11+,12-,13-,14+,16+/m1/s1. The van der Waals surface area contributed by atoms with Gasteiger partial charge in [0.15, 0.2) is 0 Å². The maximum absolute atomic E-state index is 12.7. The summed E-state index contributed by atoms with van der Waals surface area (Å²) in [6.45, 7) is 9.18. The van der Waals surface area contributed by atoms with Crippen molar-refractivity contribution in [2.45, 2.75) is 71.2 Å². The van der Waals surface area contributed by atoms with E-state index in [1.54, 1.807) is 0 Å². The number of carbonyl (C=O) groups excluding carboxylic acids is 1. The van der Waals surface area contributed by atoms with Crippen LogP contribution in [0.15, 0.2) is 0 Å². The zero-order valence-electron chi connectivity index (χ0n) is 13.1. The first-order valence-corrected chi connectivity index (χ1v) is 8.40. The van der Waals surface area contributed by atoms with E-state index in [1.807, 2.05) is 0 Å². The van der Waals surface area contributed by atoms with Gasteiger partial charge in [-0.3, -0.25) is 4.79 Å². The summed E-state index contributed by atoms with van der Waals surface area (Å²) in [6.07, 6.45) is 5.18. The Morgan fingerprint density at radius 2 is 1.95 bits per heavy atom. The molecule has 0 aromatic heterocycles. The van der Waals surface area contributed by atoms with Crippen LogP contribution >= 0.6 is 0 Å². The highest BCUT2D eigenvalue weighted by Crippen LogP contribution is 2.57. The van der Waals surface area contributed by atoms with Crippen molar-refractivity contribution in [2.24, 2.45) is 29.6 Å². The van der Waals surface area contributed by atoms with E-state index in [-0.39, 0.29) is 17.7 Å². The molecule has 3 nitrogen and oxygen atoms in total. The van der Waals surface area contributed by atoms with Crippen LogP contribution in [0.25, 0.3) is 0 Å². The third-order valence-corrected chi connectivity index (χ3v) is 6.78. The van der Waals surface area contributed by atoms with Gasteiger partial charge >= 0.3 is 0 Å². The first-order chi connectivity index (χ1) is 9.41. The van der Waals surface area contributed by atoms with Crippen LogP contribution in [0, 0.1) is 29.6 Å². The van der Waals surface area contributed by atoms with Crippen molar-refractivity contribution in [3.63, 3.8) is 0 Å². The smallest absolute Gasteiger partial charge is 0.228 e. The molecule has 2 aliphatic heterocycles. The Morgan fingerprint density at radius 1 is 1.20 bits per heavy atom. The van der Waals surface area contributed by atoms with Crippen molar-refractivity contribution >= 4 is 5.91 Å². The summed E-state index contributed by atoms with van der Waals surface area (Å²) in [7, 11) is 0. The molecule has 2 aliphatic carbocycles. The zero-order chi connectivity index (χ0) is 14.2. The minimum Gasteiger partial charge on any atom is -0.354 e. The fourth-order valence-corrected chi connectivity index (χ4v) is 5.55. The minimum atomic E-state index is -0.0259. The first-order valence-electron chi connectivity index (χ1n) is 8.40. The van der Waals surface area contributed by atoms with Gasteiger partial charge in [0, 0.05) is 23.3 Å². The van der Waals surface area contributed by atoms with Crippen molar-refractivity contribution in [1.82, 2.24) is 4.90 Å². The van der Waals surface area contributed by atoms with Crippen LogP contribution in [0.5, 0.6) is 0 Å². The SMILES string of the molecule is C[C@@H]1CC[C@@H]2[C@@H](C1)O[C@H]1[C@@H]3[C@H](C[C@@H]3C)C(=O)N1C2(C)C. The lowest BCUT2D eigenvalue weighted by molar-refractivity contribution is -0.234. The lowest BCUT2D eigenvalue weighted by Crippen LogP contribution is -2.64. The third-order valence-electron chi connectivity index (χ3n) is 6.78. The third kappa shape index (κ3) is 1.48. The van der Waals surface area contributed by atoms with Gasteiger partial charge in [-0.05, 0) is 44.9 Å². The highest BCUT2D eigenvalue weighted by molar-refractivity contribution is 5.84. The van der Waals surface area contributed by atoms with E-state index in [2.05, 4.69) is 32.6 Å².